The maximum Gasteiger partial charge on any atom is 0.179 e. The van der Waals surface area contributed by atoms with Crippen LogP contribution in [0.1, 0.15) is 18.5 Å². The van der Waals surface area contributed by atoms with Crippen molar-refractivity contribution in [1.82, 2.24) is 9.88 Å². The summed E-state index contributed by atoms with van der Waals surface area (Å²) in [6, 6.07) is 11.5. The average Bonchev–Trinajstić information content (AvgIpc) is 2.61. The minimum Gasteiger partial charge on any atom is -0.353 e. The van der Waals surface area contributed by atoms with Gasteiger partial charge in [0.2, 0.25) is 0 Å². The predicted octanol–water partition coefficient (Wildman–Crippen LogP) is 3.02. The molecule has 0 aliphatic carbocycles. The second kappa shape index (κ2) is 7.32. The van der Waals surface area contributed by atoms with Crippen molar-refractivity contribution < 1.29 is 8.42 Å². The molecular weight excluding hydrogens is 358 g/mol. The molecule has 1 aliphatic rings. The lowest BCUT2D eigenvalue weighted by Gasteiger charge is -2.39. The van der Waals surface area contributed by atoms with Gasteiger partial charge < -0.3 is 4.90 Å². The van der Waals surface area contributed by atoms with Crippen LogP contribution in [0.3, 0.4) is 0 Å². The van der Waals surface area contributed by atoms with Crippen molar-refractivity contribution in [1.29, 1.82) is 0 Å². The number of benzene rings is 1. The molecule has 0 amide bonds. The quantitative estimate of drug-likeness (QED) is 0.817. The molecule has 0 bridgehead atoms. The zero-order valence-electron chi connectivity index (χ0n) is 14.4. The van der Waals surface area contributed by atoms with E-state index in [1.165, 1.54) is 11.8 Å². The van der Waals surface area contributed by atoms with Crippen molar-refractivity contribution in [3.05, 3.63) is 53.2 Å². The van der Waals surface area contributed by atoms with E-state index in [4.69, 9.17) is 11.6 Å². The number of anilines is 1. The standard InChI is InChI=1S/C18H22ClN3O2S/c1-14(15-5-7-16(19)8-6-15)21-10-12-22(13-11-21)18-17(25(2,23)24)4-3-9-20-18/h3-9,14H,10-13H2,1-2H3. The Morgan fingerprint density at radius 2 is 1.72 bits per heavy atom. The van der Waals surface area contributed by atoms with Crippen LogP contribution in [0.4, 0.5) is 5.82 Å². The first-order valence-corrected chi connectivity index (χ1v) is 10.5. The lowest BCUT2D eigenvalue weighted by atomic mass is 10.1. The summed E-state index contributed by atoms with van der Waals surface area (Å²) in [6.07, 6.45) is 2.87. The van der Waals surface area contributed by atoms with Gasteiger partial charge in [-0.05, 0) is 36.8 Å². The first-order chi connectivity index (χ1) is 11.9. The van der Waals surface area contributed by atoms with Crippen molar-refractivity contribution in [2.24, 2.45) is 0 Å². The number of sulfone groups is 1. The van der Waals surface area contributed by atoms with Crippen LogP contribution in [0, 0.1) is 0 Å². The third-order valence-corrected chi connectivity index (χ3v) is 6.03. The van der Waals surface area contributed by atoms with Crippen molar-refractivity contribution >= 4 is 27.3 Å². The van der Waals surface area contributed by atoms with E-state index in [0.29, 0.717) is 10.7 Å². The van der Waals surface area contributed by atoms with Crippen molar-refractivity contribution in [2.45, 2.75) is 17.9 Å². The highest BCUT2D eigenvalue weighted by molar-refractivity contribution is 7.90. The van der Waals surface area contributed by atoms with Crippen molar-refractivity contribution in [3.8, 4) is 0 Å². The Morgan fingerprint density at radius 1 is 1.08 bits per heavy atom. The van der Waals surface area contributed by atoms with E-state index in [0.717, 1.165) is 31.2 Å². The number of aromatic nitrogens is 1. The third-order valence-electron chi connectivity index (χ3n) is 4.66. The first kappa shape index (κ1) is 18.2. The van der Waals surface area contributed by atoms with Crippen LogP contribution in [-0.4, -0.2) is 50.7 Å². The van der Waals surface area contributed by atoms with Gasteiger partial charge in [0.1, 0.15) is 10.7 Å². The summed E-state index contributed by atoms with van der Waals surface area (Å²) in [5.41, 5.74) is 1.23. The summed E-state index contributed by atoms with van der Waals surface area (Å²) < 4.78 is 24.0. The number of hydrogen-bond acceptors (Lipinski definition) is 5. The monoisotopic (exact) mass is 379 g/mol. The Labute approximate surface area is 154 Å². The fraction of sp³-hybridized carbons (Fsp3) is 0.389. The molecule has 0 saturated carbocycles. The van der Waals surface area contributed by atoms with E-state index in [2.05, 4.69) is 33.8 Å². The van der Waals surface area contributed by atoms with Gasteiger partial charge in [-0.15, -0.1) is 0 Å². The van der Waals surface area contributed by atoms with Crippen LogP contribution in [-0.2, 0) is 9.84 Å². The number of hydrogen-bond donors (Lipinski definition) is 0. The number of pyridine rings is 1. The summed E-state index contributed by atoms with van der Waals surface area (Å²) in [7, 11) is -3.29. The topological polar surface area (TPSA) is 53.5 Å². The molecule has 1 aromatic heterocycles. The first-order valence-electron chi connectivity index (χ1n) is 8.26. The van der Waals surface area contributed by atoms with E-state index in [-0.39, 0.29) is 6.04 Å². The molecule has 25 heavy (non-hydrogen) atoms. The molecule has 7 heteroatoms. The molecule has 2 heterocycles. The maximum absolute atomic E-state index is 12.0. The van der Waals surface area contributed by atoms with Gasteiger partial charge in [0.05, 0.1) is 0 Å². The highest BCUT2D eigenvalue weighted by atomic mass is 35.5. The Hall–Kier alpha value is -1.63. The fourth-order valence-electron chi connectivity index (χ4n) is 3.18. The molecule has 5 nitrogen and oxygen atoms in total. The van der Waals surface area contributed by atoms with Gasteiger partial charge in [0.25, 0.3) is 0 Å². The molecule has 3 rings (SSSR count). The van der Waals surface area contributed by atoms with Gasteiger partial charge in [-0.3, -0.25) is 4.90 Å². The molecule has 1 unspecified atom stereocenters. The molecule has 1 atom stereocenters. The lowest BCUT2D eigenvalue weighted by molar-refractivity contribution is 0.198. The van der Waals surface area contributed by atoms with Crippen LogP contribution in [0.25, 0.3) is 0 Å². The zero-order valence-corrected chi connectivity index (χ0v) is 16.0. The Morgan fingerprint density at radius 3 is 2.32 bits per heavy atom. The zero-order chi connectivity index (χ0) is 18.0. The van der Waals surface area contributed by atoms with Crippen LogP contribution in [0.5, 0.6) is 0 Å². The minimum absolute atomic E-state index is 0.289. The molecule has 1 saturated heterocycles. The normalized spacial score (nSPS) is 17.5. The minimum atomic E-state index is -3.29. The number of rotatable bonds is 4. The molecule has 0 radical (unpaired) electrons. The molecular formula is C18H22ClN3O2S. The number of piperazine rings is 1. The van der Waals surface area contributed by atoms with Crippen LogP contribution in [0.2, 0.25) is 5.02 Å². The average molecular weight is 380 g/mol. The molecule has 2 aromatic rings. The second-order valence-corrected chi connectivity index (χ2v) is 8.77. The van der Waals surface area contributed by atoms with Crippen LogP contribution >= 0.6 is 11.6 Å². The number of halogens is 1. The van der Waals surface area contributed by atoms with E-state index < -0.39 is 9.84 Å². The molecule has 1 aliphatic heterocycles. The smallest absolute Gasteiger partial charge is 0.179 e. The maximum atomic E-state index is 12.0. The van der Waals surface area contributed by atoms with Crippen molar-refractivity contribution in [2.75, 3.05) is 37.3 Å². The lowest BCUT2D eigenvalue weighted by Crippen LogP contribution is -2.47. The van der Waals surface area contributed by atoms with Crippen LogP contribution in [0.15, 0.2) is 47.5 Å². The largest absolute Gasteiger partial charge is 0.353 e. The Kier molecular flexibility index (Phi) is 5.32. The van der Waals surface area contributed by atoms with E-state index >= 15 is 0 Å². The molecule has 1 aromatic carbocycles. The summed E-state index contributed by atoms with van der Waals surface area (Å²) in [5.74, 6) is 0.559. The predicted molar refractivity (Wildman–Crippen MR) is 101 cm³/mol. The van der Waals surface area contributed by atoms with Gasteiger partial charge in [-0.1, -0.05) is 23.7 Å². The molecule has 0 N–H and O–H groups in total. The Bertz CT molecular complexity index is 832. The molecule has 0 spiro atoms. The molecule has 1 fully saturated rings. The summed E-state index contributed by atoms with van der Waals surface area (Å²) >= 11 is 5.96. The van der Waals surface area contributed by atoms with Gasteiger partial charge in [0.15, 0.2) is 9.84 Å². The van der Waals surface area contributed by atoms with Gasteiger partial charge in [-0.25, -0.2) is 13.4 Å². The Balaban J connectivity index is 1.71. The van der Waals surface area contributed by atoms with Crippen molar-refractivity contribution in [3.63, 3.8) is 0 Å². The fourth-order valence-corrected chi connectivity index (χ4v) is 4.15. The second-order valence-electron chi connectivity index (χ2n) is 6.35. The summed E-state index contributed by atoms with van der Waals surface area (Å²) in [5, 5.41) is 0.740. The van der Waals surface area contributed by atoms with E-state index in [1.54, 1.807) is 18.3 Å². The number of nitrogens with zero attached hydrogens (tertiary/aromatic N) is 3. The van der Waals surface area contributed by atoms with Gasteiger partial charge in [0, 0.05) is 49.7 Å². The highest BCUT2D eigenvalue weighted by Gasteiger charge is 2.26. The molecule has 134 valence electrons. The van der Waals surface area contributed by atoms with Gasteiger partial charge in [-0.2, -0.15) is 0 Å². The van der Waals surface area contributed by atoms with E-state index in [9.17, 15) is 8.42 Å². The SMILES string of the molecule is CC(c1ccc(Cl)cc1)N1CCN(c2ncccc2S(C)(=O)=O)CC1. The summed E-state index contributed by atoms with van der Waals surface area (Å²) in [6.45, 7) is 5.38. The van der Waals surface area contributed by atoms with Gasteiger partial charge >= 0.3 is 0 Å². The summed E-state index contributed by atoms with van der Waals surface area (Å²) in [4.78, 5) is 9.07. The van der Waals surface area contributed by atoms with Crippen LogP contribution < -0.4 is 4.90 Å². The highest BCUT2D eigenvalue weighted by Crippen LogP contribution is 2.27. The van der Waals surface area contributed by atoms with E-state index in [1.807, 2.05) is 12.1 Å². The third kappa shape index (κ3) is 4.14.